The van der Waals surface area contributed by atoms with Gasteiger partial charge in [0.15, 0.2) is 6.61 Å². The molecule has 1 aromatic rings. The first kappa shape index (κ1) is 15.7. The lowest BCUT2D eigenvalue weighted by Crippen LogP contribution is -2.14. The lowest BCUT2D eigenvalue weighted by molar-refractivity contribution is -0.404. The summed E-state index contributed by atoms with van der Waals surface area (Å²) in [5, 5.41) is 32.3. The van der Waals surface area contributed by atoms with Crippen LogP contribution in [0.3, 0.4) is 0 Å². The minimum Gasteiger partial charge on any atom is -0.470 e. The number of hydrogen-bond donors (Lipinski definition) is 0. The molecule has 0 saturated heterocycles. The number of nitro benzene ring substituents is 3. The van der Waals surface area contributed by atoms with Gasteiger partial charge >= 0.3 is 17.3 Å². The van der Waals surface area contributed by atoms with E-state index in [1.807, 2.05) is 0 Å². The summed E-state index contributed by atoms with van der Waals surface area (Å²) >= 11 is 0. The van der Waals surface area contributed by atoms with Gasteiger partial charge in [-0.25, -0.2) is 4.79 Å². The number of ether oxygens (including phenoxy) is 2. The van der Waals surface area contributed by atoms with Gasteiger partial charge in [-0.05, 0) is 0 Å². The van der Waals surface area contributed by atoms with Crippen molar-refractivity contribution >= 4 is 23.0 Å². The Hall–Kier alpha value is -3.31. The molecule has 0 unspecified atom stereocenters. The molecule has 0 aromatic heterocycles. The molecule has 112 valence electrons. The number of rotatable bonds is 6. The highest BCUT2D eigenvalue weighted by molar-refractivity contribution is 5.72. The number of hydrogen-bond acceptors (Lipinski definition) is 9. The molecule has 12 nitrogen and oxygen atoms in total. The van der Waals surface area contributed by atoms with Crippen LogP contribution in [0.5, 0.6) is 5.75 Å². The summed E-state index contributed by atoms with van der Waals surface area (Å²) < 4.78 is 8.92. The number of nitro groups is 3. The quantitative estimate of drug-likeness (QED) is 0.422. The maximum atomic E-state index is 10.9. The minimum absolute atomic E-state index is 0.500. The largest absolute Gasteiger partial charge is 0.470 e. The highest BCUT2D eigenvalue weighted by Crippen LogP contribution is 2.40. The van der Waals surface area contributed by atoms with Gasteiger partial charge in [0.25, 0.3) is 11.4 Å². The Kier molecular flexibility index (Phi) is 4.67. The molecule has 21 heavy (non-hydrogen) atoms. The van der Waals surface area contributed by atoms with Gasteiger partial charge in [-0.2, -0.15) is 0 Å². The molecule has 12 heteroatoms. The van der Waals surface area contributed by atoms with Crippen LogP contribution in [-0.4, -0.2) is 34.5 Å². The zero-order valence-corrected chi connectivity index (χ0v) is 10.4. The van der Waals surface area contributed by atoms with Gasteiger partial charge in [0, 0.05) is 0 Å². The second kappa shape index (κ2) is 6.23. The minimum atomic E-state index is -1.09. The third-order valence-electron chi connectivity index (χ3n) is 2.20. The Morgan fingerprint density at radius 3 is 1.86 bits per heavy atom. The van der Waals surface area contributed by atoms with Gasteiger partial charge < -0.3 is 9.47 Å². The van der Waals surface area contributed by atoms with E-state index >= 15 is 0 Å². The standard InChI is InChI=1S/C9H7N3O9/c1-20-8(13)4-21-9-6(11(16)17)2-5(10(14)15)3-7(9)12(18)19/h2-3H,4H2,1H3. The Bertz CT molecular complexity index is 592. The first-order valence-corrected chi connectivity index (χ1v) is 5.08. The van der Waals surface area contributed by atoms with Crippen molar-refractivity contribution in [3.63, 3.8) is 0 Å². The van der Waals surface area contributed by atoms with Gasteiger partial charge in [-0.15, -0.1) is 0 Å². The molecule has 0 heterocycles. The van der Waals surface area contributed by atoms with E-state index in [1.54, 1.807) is 0 Å². The maximum absolute atomic E-state index is 10.9. The Labute approximate surface area is 115 Å². The molecule has 0 N–H and O–H groups in total. The average Bonchev–Trinajstić information content (AvgIpc) is 2.43. The van der Waals surface area contributed by atoms with Crippen molar-refractivity contribution < 1.29 is 29.0 Å². The van der Waals surface area contributed by atoms with E-state index in [-0.39, 0.29) is 0 Å². The summed E-state index contributed by atoms with van der Waals surface area (Å²) in [6.45, 7) is -0.823. The zero-order chi connectivity index (χ0) is 16.2. The Balaban J connectivity index is 3.42. The Morgan fingerprint density at radius 1 is 1.05 bits per heavy atom. The van der Waals surface area contributed by atoms with Crippen LogP contribution in [0.2, 0.25) is 0 Å². The molecule has 0 aliphatic heterocycles. The van der Waals surface area contributed by atoms with Crippen molar-refractivity contribution in [3.05, 3.63) is 42.5 Å². The van der Waals surface area contributed by atoms with Crippen molar-refractivity contribution in [2.45, 2.75) is 0 Å². The normalized spacial score (nSPS) is 9.76. The first-order chi connectivity index (χ1) is 9.77. The molecule has 0 spiro atoms. The van der Waals surface area contributed by atoms with E-state index in [9.17, 15) is 35.1 Å². The van der Waals surface area contributed by atoms with Crippen molar-refractivity contribution in [1.29, 1.82) is 0 Å². The molecule has 0 aliphatic rings. The van der Waals surface area contributed by atoms with Gasteiger partial charge in [0.05, 0.1) is 34.0 Å². The molecular formula is C9H7N3O9. The highest BCUT2D eigenvalue weighted by atomic mass is 16.6. The number of benzene rings is 1. The lowest BCUT2D eigenvalue weighted by atomic mass is 10.2. The third kappa shape index (κ3) is 3.59. The molecule has 0 amide bonds. The third-order valence-corrected chi connectivity index (χ3v) is 2.20. The molecule has 0 bridgehead atoms. The van der Waals surface area contributed by atoms with E-state index in [0.29, 0.717) is 12.1 Å². The van der Waals surface area contributed by atoms with Crippen LogP contribution in [0, 0.1) is 30.3 Å². The molecule has 0 aliphatic carbocycles. The SMILES string of the molecule is COC(=O)COc1c([N+](=O)[O-])cc([N+](=O)[O-])cc1[N+](=O)[O-]. The fourth-order valence-electron chi connectivity index (χ4n) is 1.30. The summed E-state index contributed by atoms with van der Waals surface area (Å²) in [5.74, 6) is -1.79. The predicted octanol–water partition coefficient (Wildman–Crippen LogP) is 0.963. The smallest absolute Gasteiger partial charge is 0.343 e. The summed E-state index contributed by atoms with van der Waals surface area (Å²) in [4.78, 5) is 40.0. The number of nitrogens with zero attached hydrogens (tertiary/aromatic N) is 3. The van der Waals surface area contributed by atoms with E-state index in [1.165, 1.54) is 0 Å². The van der Waals surface area contributed by atoms with Crippen molar-refractivity contribution in [1.82, 2.24) is 0 Å². The van der Waals surface area contributed by atoms with Gasteiger partial charge in [0.2, 0.25) is 0 Å². The molecule has 1 aromatic carbocycles. The monoisotopic (exact) mass is 301 g/mol. The maximum Gasteiger partial charge on any atom is 0.343 e. The summed E-state index contributed by atoms with van der Waals surface area (Å²) in [5.41, 5.74) is -2.85. The topological polar surface area (TPSA) is 165 Å². The number of non-ortho nitro benzene ring substituents is 1. The lowest BCUT2D eigenvalue weighted by Gasteiger charge is -2.06. The summed E-state index contributed by atoms with van der Waals surface area (Å²) in [7, 11) is 1.02. The Morgan fingerprint density at radius 2 is 1.52 bits per heavy atom. The van der Waals surface area contributed by atoms with Crippen LogP contribution < -0.4 is 4.74 Å². The molecule has 0 radical (unpaired) electrons. The molecule has 0 atom stereocenters. The number of carbonyl (C=O) groups excluding carboxylic acids is 1. The van der Waals surface area contributed by atoms with Crippen LogP contribution in [-0.2, 0) is 9.53 Å². The van der Waals surface area contributed by atoms with E-state index in [4.69, 9.17) is 4.74 Å². The molecule has 1 rings (SSSR count). The number of carbonyl (C=O) groups is 1. The van der Waals surface area contributed by atoms with Crippen LogP contribution >= 0.6 is 0 Å². The van der Waals surface area contributed by atoms with Crippen LogP contribution in [0.1, 0.15) is 0 Å². The van der Waals surface area contributed by atoms with Crippen LogP contribution in [0.15, 0.2) is 12.1 Å². The van der Waals surface area contributed by atoms with Crippen molar-refractivity contribution in [2.75, 3.05) is 13.7 Å². The van der Waals surface area contributed by atoms with E-state index in [2.05, 4.69) is 4.74 Å². The average molecular weight is 301 g/mol. The fourth-order valence-corrected chi connectivity index (χ4v) is 1.30. The molecular weight excluding hydrogens is 294 g/mol. The van der Waals surface area contributed by atoms with Gasteiger partial charge in [-0.1, -0.05) is 0 Å². The van der Waals surface area contributed by atoms with E-state index in [0.717, 1.165) is 7.11 Å². The number of esters is 1. The number of methoxy groups -OCH3 is 1. The van der Waals surface area contributed by atoms with Crippen LogP contribution in [0.4, 0.5) is 17.1 Å². The second-order valence-corrected chi connectivity index (χ2v) is 3.45. The second-order valence-electron chi connectivity index (χ2n) is 3.45. The van der Waals surface area contributed by atoms with Gasteiger partial charge in [-0.3, -0.25) is 30.3 Å². The van der Waals surface area contributed by atoms with E-state index < -0.39 is 50.2 Å². The highest BCUT2D eigenvalue weighted by Gasteiger charge is 2.32. The first-order valence-electron chi connectivity index (χ1n) is 5.08. The predicted molar refractivity (Wildman–Crippen MR) is 63.9 cm³/mol. The molecule has 0 fully saturated rings. The summed E-state index contributed by atoms with van der Waals surface area (Å²) in [6, 6.07) is 0.999. The van der Waals surface area contributed by atoms with Crippen molar-refractivity contribution in [2.24, 2.45) is 0 Å². The van der Waals surface area contributed by atoms with Crippen molar-refractivity contribution in [3.8, 4) is 5.75 Å². The van der Waals surface area contributed by atoms with Crippen LogP contribution in [0.25, 0.3) is 0 Å². The molecule has 0 saturated carbocycles. The van der Waals surface area contributed by atoms with Gasteiger partial charge in [0.1, 0.15) is 0 Å². The fraction of sp³-hybridized carbons (Fsp3) is 0.222. The summed E-state index contributed by atoms with van der Waals surface area (Å²) in [6.07, 6.45) is 0. The zero-order valence-electron chi connectivity index (χ0n) is 10.4.